The average molecular weight is 492 g/mol. The SMILES string of the molecule is O=C(OC[C@H]1O[C@@H](Oc2ccc(O)cc2)[C@H](O[C@@H]2OC[C@H](CO)[C@H]2O)[C@@H](O)[C@@H]1O)c1ccccc1. The molecule has 11 heteroatoms. The summed E-state index contributed by atoms with van der Waals surface area (Å²) in [5.41, 5.74) is 0.308. The summed E-state index contributed by atoms with van der Waals surface area (Å²) in [4.78, 5) is 12.3. The van der Waals surface area contributed by atoms with E-state index in [1.54, 1.807) is 30.3 Å². The summed E-state index contributed by atoms with van der Waals surface area (Å²) in [6.45, 7) is -0.672. The highest BCUT2D eigenvalue weighted by atomic mass is 16.8. The first-order chi connectivity index (χ1) is 16.9. The van der Waals surface area contributed by atoms with Crippen molar-refractivity contribution in [3.63, 3.8) is 0 Å². The number of aliphatic hydroxyl groups is 4. The van der Waals surface area contributed by atoms with Gasteiger partial charge in [-0.15, -0.1) is 0 Å². The van der Waals surface area contributed by atoms with Crippen LogP contribution in [0.25, 0.3) is 0 Å². The minimum atomic E-state index is -1.57. The van der Waals surface area contributed by atoms with Crippen LogP contribution >= 0.6 is 0 Å². The van der Waals surface area contributed by atoms with E-state index < -0.39 is 55.0 Å². The van der Waals surface area contributed by atoms with Crippen molar-refractivity contribution in [2.24, 2.45) is 5.92 Å². The molecule has 2 aliphatic rings. The van der Waals surface area contributed by atoms with E-state index in [0.717, 1.165) is 0 Å². The van der Waals surface area contributed by atoms with Crippen molar-refractivity contribution in [1.82, 2.24) is 0 Å². The van der Waals surface area contributed by atoms with Crippen molar-refractivity contribution in [3.05, 3.63) is 60.2 Å². The van der Waals surface area contributed by atoms with Crippen LogP contribution in [0.3, 0.4) is 0 Å². The van der Waals surface area contributed by atoms with Gasteiger partial charge in [0.15, 0.2) is 12.4 Å². The molecule has 4 rings (SSSR count). The molecular formula is C24H28O11. The number of esters is 1. The van der Waals surface area contributed by atoms with Crippen LogP contribution in [0.5, 0.6) is 11.5 Å². The van der Waals surface area contributed by atoms with Gasteiger partial charge in [-0.05, 0) is 36.4 Å². The van der Waals surface area contributed by atoms with Crippen LogP contribution in [0.4, 0.5) is 0 Å². The Hall–Kier alpha value is -2.77. The second-order valence-electron chi connectivity index (χ2n) is 8.34. The molecule has 0 amide bonds. The van der Waals surface area contributed by atoms with E-state index in [1.165, 1.54) is 24.3 Å². The van der Waals surface area contributed by atoms with Crippen molar-refractivity contribution in [1.29, 1.82) is 0 Å². The molecule has 2 heterocycles. The molecule has 5 N–H and O–H groups in total. The molecule has 2 saturated heterocycles. The molecule has 0 saturated carbocycles. The molecule has 0 aliphatic carbocycles. The molecule has 0 aromatic heterocycles. The number of phenolic OH excluding ortho intramolecular Hbond substituents is 1. The highest BCUT2D eigenvalue weighted by Gasteiger charge is 2.50. The predicted molar refractivity (Wildman–Crippen MR) is 117 cm³/mol. The van der Waals surface area contributed by atoms with Gasteiger partial charge in [-0.25, -0.2) is 4.79 Å². The molecule has 0 radical (unpaired) electrons. The summed E-state index contributed by atoms with van der Waals surface area (Å²) in [5, 5.41) is 50.7. The predicted octanol–water partition coefficient (Wildman–Crippen LogP) is -0.214. The van der Waals surface area contributed by atoms with E-state index >= 15 is 0 Å². The first-order valence-corrected chi connectivity index (χ1v) is 11.1. The zero-order chi connectivity index (χ0) is 24.9. The molecule has 11 nitrogen and oxygen atoms in total. The number of ether oxygens (including phenoxy) is 5. The Morgan fingerprint density at radius 2 is 1.66 bits per heavy atom. The second kappa shape index (κ2) is 11.3. The molecule has 2 fully saturated rings. The number of carbonyl (C=O) groups excluding carboxylic acids is 1. The molecule has 35 heavy (non-hydrogen) atoms. The number of phenols is 1. The molecular weight excluding hydrogens is 464 g/mol. The van der Waals surface area contributed by atoms with Crippen LogP contribution < -0.4 is 4.74 Å². The summed E-state index contributed by atoms with van der Waals surface area (Å²) >= 11 is 0. The molecule has 8 atom stereocenters. The zero-order valence-electron chi connectivity index (χ0n) is 18.6. The molecule has 0 spiro atoms. The fourth-order valence-electron chi connectivity index (χ4n) is 3.83. The minimum Gasteiger partial charge on any atom is -0.508 e. The molecule has 2 aliphatic heterocycles. The van der Waals surface area contributed by atoms with Gasteiger partial charge in [0.25, 0.3) is 0 Å². The standard InChI is InChI=1S/C24H28O11/c25-10-14-11-32-23(18(14)27)35-21-20(29)19(28)17(12-31-22(30)13-4-2-1-3-5-13)34-24(21)33-16-8-6-15(26)7-9-16/h1-9,14,17-21,23-29H,10-12H2/t14-,17+,18+,19+,20-,21+,23-,24+/m0/s1. The highest BCUT2D eigenvalue weighted by molar-refractivity contribution is 5.89. The van der Waals surface area contributed by atoms with Gasteiger partial charge in [0.2, 0.25) is 6.29 Å². The number of aliphatic hydroxyl groups excluding tert-OH is 4. The molecule has 0 unspecified atom stereocenters. The average Bonchev–Trinajstić information content (AvgIpc) is 3.23. The summed E-state index contributed by atoms with van der Waals surface area (Å²) in [6, 6.07) is 13.9. The topological polar surface area (TPSA) is 164 Å². The summed E-state index contributed by atoms with van der Waals surface area (Å²) < 4.78 is 28.0. The van der Waals surface area contributed by atoms with Crippen LogP contribution in [0.2, 0.25) is 0 Å². The number of hydrogen-bond donors (Lipinski definition) is 5. The van der Waals surface area contributed by atoms with Gasteiger partial charge < -0.3 is 49.2 Å². The van der Waals surface area contributed by atoms with Crippen LogP contribution in [-0.2, 0) is 18.9 Å². The molecule has 2 aromatic carbocycles. The normalized spacial score (nSPS) is 32.8. The lowest BCUT2D eigenvalue weighted by Gasteiger charge is -2.42. The van der Waals surface area contributed by atoms with E-state index in [9.17, 15) is 30.3 Å². The minimum absolute atomic E-state index is 0.00777. The Bertz CT molecular complexity index is 954. The Balaban J connectivity index is 1.48. The smallest absolute Gasteiger partial charge is 0.338 e. The fourth-order valence-corrected chi connectivity index (χ4v) is 3.83. The van der Waals surface area contributed by atoms with E-state index in [1.807, 2.05) is 0 Å². The summed E-state index contributed by atoms with van der Waals surface area (Å²) in [5.74, 6) is -0.949. The Morgan fingerprint density at radius 1 is 0.943 bits per heavy atom. The van der Waals surface area contributed by atoms with Crippen molar-refractivity contribution >= 4 is 5.97 Å². The van der Waals surface area contributed by atoms with E-state index in [0.29, 0.717) is 5.56 Å². The number of rotatable bonds is 8. The second-order valence-corrected chi connectivity index (χ2v) is 8.34. The maximum absolute atomic E-state index is 12.3. The first-order valence-electron chi connectivity index (χ1n) is 11.1. The van der Waals surface area contributed by atoms with Gasteiger partial charge >= 0.3 is 5.97 Å². The highest BCUT2D eigenvalue weighted by Crippen LogP contribution is 2.31. The Labute approximate surface area is 201 Å². The summed E-state index contributed by atoms with van der Waals surface area (Å²) in [7, 11) is 0. The lowest BCUT2D eigenvalue weighted by atomic mass is 9.98. The molecule has 2 aromatic rings. The summed E-state index contributed by atoms with van der Waals surface area (Å²) in [6.07, 6.45) is -9.30. The third kappa shape index (κ3) is 5.90. The van der Waals surface area contributed by atoms with Gasteiger partial charge in [-0.2, -0.15) is 0 Å². The van der Waals surface area contributed by atoms with Crippen LogP contribution in [-0.4, -0.2) is 94.4 Å². The quantitative estimate of drug-likeness (QED) is 0.310. The van der Waals surface area contributed by atoms with Gasteiger partial charge in [-0.1, -0.05) is 18.2 Å². The number of carbonyl (C=O) groups is 1. The van der Waals surface area contributed by atoms with Crippen molar-refractivity contribution in [2.45, 2.75) is 43.1 Å². The first kappa shape index (κ1) is 25.3. The van der Waals surface area contributed by atoms with Crippen LogP contribution in [0.15, 0.2) is 54.6 Å². The number of benzene rings is 2. The van der Waals surface area contributed by atoms with Crippen LogP contribution in [0.1, 0.15) is 10.4 Å². The maximum atomic E-state index is 12.3. The van der Waals surface area contributed by atoms with Gasteiger partial charge in [0.1, 0.15) is 42.5 Å². The zero-order valence-corrected chi connectivity index (χ0v) is 18.6. The third-order valence-corrected chi connectivity index (χ3v) is 5.88. The van der Waals surface area contributed by atoms with E-state index in [2.05, 4.69) is 0 Å². The van der Waals surface area contributed by atoms with Crippen molar-refractivity contribution in [2.75, 3.05) is 19.8 Å². The molecule has 0 bridgehead atoms. The largest absolute Gasteiger partial charge is 0.508 e. The number of aromatic hydroxyl groups is 1. The fraction of sp³-hybridized carbons (Fsp3) is 0.458. The Morgan fingerprint density at radius 3 is 2.31 bits per heavy atom. The monoisotopic (exact) mass is 492 g/mol. The maximum Gasteiger partial charge on any atom is 0.338 e. The van der Waals surface area contributed by atoms with E-state index in [4.69, 9.17) is 23.7 Å². The lowest BCUT2D eigenvalue weighted by Crippen LogP contribution is -2.62. The van der Waals surface area contributed by atoms with Gasteiger partial charge in [0.05, 0.1) is 18.8 Å². The number of hydrogen-bond acceptors (Lipinski definition) is 11. The lowest BCUT2D eigenvalue weighted by molar-refractivity contribution is -0.318. The van der Waals surface area contributed by atoms with Gasteiger partial charge in [-0.3, -0.25) is 0 Å². The van der Waals surface area contributed by atoms with Crippen molar-refractivity contribution in [3.8, 4) is 11.5 Å². The molecule has 190 valence electrons. The van der Waals surface area contributed by atoms with Crippen molar-refractivity contribution < 1.29 is 54.0 Å². The van der Waals surface area contributed by atoms with Gasteiger partial charge in [0, 0.05) is 5.92 Å². The van der Waals surface area contributed by atoms with E-state index in [-0.39, 0.29) is 31.3 Å². The Kier molecular flexibility index (Phi) is 8.19. The van der Waals surface area contributed by atoms with Crippen LogP contribution in [0, 0.1) is 5.92 Å². The third-order valence-electron chi connectivity index (χ3n) is 5.88.